The lowest BCUT2D eigenvalue weighted by Gasteiger charge is -2.14. The van der Waals surface area contributed by atoms with Crippen LogP contribution in [0.25, 0.3) is 0 Å². The van der Waals surface area contributed by atoms with Gasteiger partial charge in [-0.25, -0.2) is 0 Å². The Morgan fingerprint density at radius 2 is 1.81 bits per heavy atom. The number of carbonyl (C=O) groups is 1. The summed E-state index contributed by atoms with van der Waals surface area (Å²) in [6.07, 6.45) is 0.119. The molecule has 1 rings (SSSR count). The number of aliphatic carboxylic acids is 1. The highest BCUT2D eigenvalue weighted by molar-refractivity contribution is 5.71. The van der Waals surface area contributed by atoms with Crippen molar-refractivity contribution in [3.8, 4) is 0 Å². The SMILES string of the molecule is CC(C)c1ccc(C(C)C)c(CC(=O)O)c1. The Labute approximate surface area is 97.3 Å². The third-order valence-electron chi connectivity index (χ3n) is 2.80. The molecule has 1 N–H and O–H groups in total. The second-order valence-electron chi connectivity index (χ2n) is 4.84. The van der Waals surface area contributed by atoms with Crippen molar-refractivity contribution in [1.82, 2.24) is 0 Å². The Kier molecular flexibility index (Phi) is 4.11. The molecule has 0 saturated carbocycles. The average molecular weight is 220 g/mol. The van der Waals surface area contributed by atoms with Crippen LogP contribution in [0, 0.1) is 0 Å². The van der Waals surface area contributed by atoms with E-state index < -0.39 is 5.97 Å². The molecule has 0 aromatic heterocycles. The van der Waals surface area contributed by atoms with Gasteiger partial charge in [0, 0.05) is 0 Å². The highest BCUT2D eigenvalue weighted by Gasteiger charge is 2.11. The lowest BCUT2D eigenvalue weighted by Crippen LogP contribution is -2.06. The van der Waals surface area contributed by atoms with Gasteiger partial charge in [0.15, 0.2) is 0 Å². The molecule has 16 heavy (non-hydrogen) atoms. The molecule has 0 spiro atoms. The zero-order valence-corrected chi connectivity index (χ0v) is 10.4. The normalized spacial score (nSPS) is 11.1. The summed E-state index contributed by atoms with van der Waals surface area (Å²) in [5.41, 5.74) is 3.31. The van der Waals surface area contributed by atoms with Crippen LogP contribution in [0.1, 0.15) is 56.2 Å². The Morgan fingerprint density at radius 3 is 2.25 bits per heavy atom. The van der Waals surface area contributed by atoms with E-state index in [4.69, 9.17) is 5.11 Å². The fraction of sp³-hybridized carbons (Fsp3) is 0.500. The third-order valence-corrected chi connectivity index (χ3v) is 2.80. The summed E-state index contributed by atoms with van der Waals surface area (Å²) >= 11 is 0. The fourth-order valence-corrected chi connectivity index (χ4v) is 1.86. The van der Waals surface area contributed by atoms with Crippen LogP contribution in [0.15, 0.2) is 18.2 Å². The molecule has 1 aromatic rings. The Hall–Kier alpha value is -1.31. The number of hydrogen-bond acceptors (Lipinski definition) is 1. The molecule has 0 aliphatic carbocycles. The van der Waals surface area contributed by atoms with Crippen LogP contribution in [0.5, 0.6) is 0 Å². The first-order valence-corrected chi connectivity index (χ1v) is 5.76. The smallest absolute Gasteiger partial charge is 0.307 e. The van der Waals surface area contributed by atoms with Crippen molar-refractivity contribution in [2.45, 2.75) is 46.0 Å². The molecule has 0 saturated heterocycles. The maximum atomic E-state index is 10.8. The summed E-state index contributed by atoms with van der Waals surface area (Å²) in [5, 5.41) is 8.90. The molecule has 0 bridgehead atoms. The molecule has 2 nitrogen and oxygen atoms in total. The molecule has 0 heterocycles. The van der Waals surface area contributed by atoms with Gasteiger partial charge in [-0.15, -0.1) is 0 Å². The van der Waals surface area contributed by atoms with Crippen LogP contribution >= 0.6 is 0 Å². The van der Waals surface area contributed by atoms with Gasteiger partial charge in [0.2, 0.25) is 0 Å². The van der Waals surface area contributed by atoms with Gasteiger partial charge in [0.25, 0.3) is 0 Å². The zero-order chi connectivity index (χ0) is 12.3. The summed E-state index contributed by atoms with van der Waals surface area (Å²) < 4.78 is 0. The van der Waals surface area contributed by atoms with E-state index in [1.165, 1.54) is 5.56 Å². The molecule has 0 aliphatic rings. The molecule has 0 amide bonds. The second kappa shape index (κ2) is 5.15. The van der Waals surface area contributed by atoms with E-state index in [2.05, 4.69) is 39.8 Å². The molecular formula is C14H20O2. The van der Waals surface area contributed by atoms with E-state index in [1.807, 2.05) is 6.07 Å². The minimum absolute atomic E-state index is 0.119. The largest absolute Gasteiger partial charge is 0.481 e. The molecule has 2 heteroatoms. The zero-order valence-electron chi connectivity index (χ0n) is 10.4. The summed E-state index contributed by atoms with van der Waals surface area (Å²) in [6, 6.07) is 6.21. The molecule has 0 radical (unpaired) electrons. The van der Waals surface area contributed by atoms with Gasteiger partial charge in [0.1, 0.15) is 0 Å². The van der Waals surface area contributed by atoms with Gasteiger partial charge in [-0.1, -0.05) is 45.9 Å². The maximum absolute atomic E-state index is 10.8. The van der Waals surface area contributed by atoms with Crippen LogP contribution in [-0.2, 0) is 11.2 Å². The van der Waals surface area contributed by atoms with E-state index in [0.29, 0.717) is 11.8 Å². The lowest BCUT2D eigenvalue weighted by molar-refractivity contribution is -0.136. The minimum atomic E-state index is -0.761. The number of carboxylic acid groups (broad SMARTS) is 1. The molecule has 0 unspecified atom stereocenters. The van der Waals surface area contributed by atoms with Gasteiger partial charge in [-0.05, 0) is 28.5 Å². The van der Waals surface area contributed by atoms with Crippen molar-refractivity contribution in [3.05, 3.63) is 34.9 Å². The van der Waals surface area contributed by atoms with Gasteiger partial charge >= 0.3 is 5.97 Å². The Balaban J connectivity index is 3.15. The van der Waals surface area contributed by atoms with Crippen molar-refractivity contribution in [2.75, 3.05) is 0 Å². The van der Waals surface area contributed by atoms with E-state index in [-0.39, 0.29) is 6.42 Å². The van der Waals surface area contributed by atoms with Gasteiger partial charge in [-0.3, -0.25) is 4.79 Å². The van der Waals surface area contributed by atoms with E-state index in [9.17, 15) is 4.79 Å². The number of benzene rings is 1. The van der Waals surface area contributed by atoms with Gasteiger partial charge < -0.3 is 5.11 Å². The third kappa shape index (κ3) is 3.09. The van der Waals surface area contributed by atoms with Crippen molar-refractivity contribution in [1.29, 1.82) is 0 Å². The van der Waals surface area contributed by atoms with Crippen molar-refractivity contribution in [3.63, 3.8) is 0 Å². The van der Waals surface area contributed by atoms with Gasteiger partial charge in [0.05, 0.1) is 6.42 Å². The van der Waals surface area contributed by atoms with Crippen molar-refractivity contribution >= 4 is 5.97 Å². The predicted molar refractivity (Wildman–Crippen MR) is 66.0 cm³/mol. The second-order valence-corrected chi connectivity index (χ2v) is 4.84. The first-order chi connectivity index (χ1) is 7.41. The number of hydrogen-bond donors (Lipinski definition) is 1. The Bertz CT molecular complexity index is 378. The maximum Gasteiger partial charge on any atom is 0.307 e. The topological polar surface area (TPSA) is 37.3 Å². The van der Waals surface area contributed by atoms with Crippen LogP contribution in [0.4, 0.5) is 0 Å². The first kappa shape index (κ1) is 12.8. The minimum Gasteiger partial charge on any atom is -0.481 e. The predicted octanol–water partition coefficient (Wildman–Crippen LogP) is 3.56. The first-order valence-electron chi connectivity index (χ1n) is 5.76. The van der Waals surface area contributed by atoms with Crippen molar-refractivity contribution in [2.24, 2.45) is 0 Å². The molecule has 88 valence electrons. The van der Waals surface area contributed by atoms with Gasteiger partial charge in [-0.2, -0.15) is 0 Å². The quantitative estimate of drug-likeness (QED) is 0.842. The summed E-state index contributed by atoms with van der Waals surface area (Å²) in [7, 11) is 0. The standard InChI is InChI=1S/C14H20O2/c1-9(2)11-5-6-13(10(3)4)12(7-11)8-14(15)16/h5-7,9-10H,8H2,1-4H3,(H,15,16). The molecule has 0 aliphatic heterocycles. The van der Waals surface area contributed by atoms with Crippen LogP contribution in [-0.4, -0.2) is 11.1 Å². The molecular weight excluding hydrogens is 200 g/mol. The highest BCUT2D eigenvalue weighted by atomic mass is 16.4. The fourth-order valence-electron chi connectivity index (χ4n) is 1.86. The van der Waals surface area contributed by atoms with Crippen molar-refractivity contribution < 1.29 is 9.90 Å². The van der Waals surface area contributed by atoms with Crippen LogP contribution in [0.3, 0.4) is 0 Å². The molecule has 1 aromatic carbocycles. The van der Waals surface area contributed by atoms with Crippen LogP contribution in [0.2, 0.25) is 0 Å². The summed E-state index contributed by atoms with van der Waals surface area (Å²) in [5.74, 6) is 0.0483. The van der Waals surface area contributed by atoms with E-state index in [1.54, 1.807) is 0 Å². The molecule has 0 fully saturated rings. The average Bonchev–Trinajstić information content (AvgIpc) is 2.15. The summed E-state index contributed by atoms with van der Waals surface area (Å²) in [6.45, 7) is 8.43. The number of rotatable bonds is 4. The lowest BCUT2D eigenvalue weighted by atomic mass is 9.91. The summed E-state index contributed by atoms with van der Waals surface area (Å²) in [4.78, 5) is 10.8. The molecule has 0 atom stereocenters. The van der Waals surface area contributed by atoms with E-state index in [0.717, 1.165) is 11.1 Å². The van der Waals surface area contributed by atoms with Crippen LogP contribution < -0.4 is 0 Å². The van der Waals surface area contributed by atoms with E-state index >= 15 is 0 Å². The Morgan fingerprint density at radius 1 is 1.19 bits per heavy atom. The highest BCUT2D eigenvalue weighted by Crippen LogP contribution is 2.24. The number of carboxylic acids is 1. The monoisotopic (exact) mass is 220 g/mol.